The maximum Gasteiger partial charge on any atom is 0.286 e. The van der Waals surface area contributed by atoms with Crippen LogP contribution in [0.5, 0.6) is 0 Å². The number of thioether (sulfide) groups is 1. The lowest BCUT2D eigenvalue weighted by Crippen LogP contribution is -2.38. The van der Waals surface area contributed by atoms with E-state index in [0.717, 1.165) is 13.1 Å². The van der Waals surface area contributed by atoms with Crippen molar-refractivity contribution in [2.45, 2.75) is 0 Å². The minimum Gasteiger partial charge on any atom is -0.378 e. The van der Waals surface area contributed by atoms with Crippen LogP contribution in [-0.2, 0) is 9.53 Å². The Morgan fingerprint density at radius 2 is 2.04 bits per heavy atom. The third-order valence-corrected chi connectivity index (χ3v) is 4.61. The van der Waals surface area contributed by atoms with Crippen LogP contribution in [0, 0.1) is 10.1 Å². The molecule has 24 heavy (non-hydrogen) atoms. The number of amidine groups is 1. The van der Waals surface area contributed by atoms with Gasteiger partial charge < -0.3 is 9.64 Å². The zero-order chi connectivity index (χ0) is 16.9. The summed E-state index contributed by atoms with van der Waals surface area (Å²) in [5, 5.41) is 11.7. The van der Waals surface area contributed by atoms with Crippen molar-refractivity contribution in [2.24, 2.45) is 4.99 Å². The first-order valence-electron chi connectivity index (χ1n) is 7.40. The van der Waals surface area contributed by atoms with E-state index in [1.807, 2.05) is 4.90 Å². The first kappa shape index (κ1) is 16.4. The van der Waals surface area contributed by atoms with Crippen LogP contribution in [0.4, 0.5) is 5.69 Å². The summed E-state index contributed by atoms with van der Waals surface area (Å²) < 4.78 is 5.29. The monoisotopic (exact) mass is 345 g/mol. The van der Waals surface area contributed by atoms with Gasteiger partial charge in [-0.25, -0.2) is 0 Å². The number of ether oxygens (including phenoxy) is 1. The summed E-state index contributed by atoms with van der Waals surface area (Å²) in [5.74, 6) is -0.284. The largest absolute Gasteiger partial charge is 0.378 e. The van der Waals surface area contributed by atoms with Crippen LogP contribution in [-0.4, -0.2) is 47.2 Å². The lowest BCUT2D eigenvalue weighted by Gasteiger charge is -2.27. The van der Waals surface area contributed by atoms with Crippen LogP contribution >= 0.6 is 11.8 Å². The van der Waals surface area contributed by atoms with Gasteiger partial charge in [0.05, 0.1) is 28.6 Å². The third kappa shape index (κ3) is 3.72. The third-order valence-electron chi connectivity index (χ3n) is 3.55. The second-order valence-electron chi connectivity index (χ2n) is 5.11. The molecule has 1 aromatic rings. The van der Waals surface area contributed by atoms with Crippen LogP contribution in [0.1, 0.15) is 5.56 Å². The Morgan fingerprint density at radius 3 is 2.79 bits per heavy atom. The Balaban J connectivity index is 1.70. The van der Waals surface area contributed by atoms with Gasteiger partial charge in [-0.3, -0.25) is 14.9 Å². The molecule has 124 valence electrons. The molecule has 2 aliphatic rings. The predicted molar refractivity (Wildman–Crippen MR) is 92.6 cm³/mol. The quantitative estimate of drug-likeness (QED) is 0.475. The molecule has 7 nitrogen and oxygen atoms in total. The number of para-hydroxylation sites is 1. The number of benzene rings is 1. The van der Waals surface area contributed by atoms with Crippen molar-refractivity contribution in [1.82, 2.24) is 4.90 Å². The lowest BCUT2D eigenvalue weighted by atomic mass is 10.1. The summed E-state index contributed by atoms with van der Waals surface area (Å²) in [6.07, 6.45) is 4.90. The molecule has 1 amide bonds. The van der Waals surface area contributed by atoms with Gasteiger partial charge in [0.15, 0.2) is 5.17 Å². The molecule has 0 bridgehead atoms. The fourth-order valence-corrected chi connectivity index (χ4v) is 3.25. The van der Waals surface area contributed by atoms with Crippen molar-refractivity contribution in [1.29, 1.82) is 0 Å². The molecule has 0 atom stereocenters. The number of nitro benzene ring substituents is 1. The van der Waals surface area contributed by atoms with Gasteiger partial charge in [-0.2, -0.15) is 4.99 Å². The van der Waals surface area contributed by atoms with Gasteiger partial charge >= 0.3 is 0 Å². The summed E-state index contributed by atoms with van der Waals surface area (Å²) >= 11 is 1.32. The van der Waals surface area contributed by atoms with Crippen molar-refractivity contribution in [3.05, 3.63) is 57.0 Å². The van der Waals surface area contributed by atoms with E-state index < -0.39 is 4.92 Å². The smallest absolute Gasteiger partial charge is 0.286 e. The zero-order valence-corrected chi connectivity index (χ0v) is 13.6. The van der Waals surface area contributed by atoms with Crippen LogP contribution in [0.15, 0.2) is 46.3 Å². The molecule has 0 N–H and O–H groups in total. The summed E-state index contributed by atoms with van der Waals surface area (Å²) in [5.41, 5.74) is 0.520. The number of hydrogen-bond donors (Lipinski definition) is 0. The molecule has 1 saturated heterocycles. The van der Waals surface area contributed by atoms with Crippen molar-refractivity contribution in [3.63, 3.8) is 0 Å². The lowest BCUT2D eigenvalue weighted by molar-refractivity contribution is -0.385. The molecule has 8 heteroatoms. The van der Waals surface area contributed by atoms with E-state index in [-0.39, 0.29) is 11.6 Å². The number of hydrogen-bond acceptors (Lipinski definition) is 6. The van der Waals surface area contributed by atoms with Crippen molar-refractivity contribution >= 4 is 34.6 Å². The Labute approximate surface area is 142 Å². The van der Waals surface area contributed by atoms with Crippen LogP contribution in [0.25, 0.3) is 6.08 Å². The first-order valence-corrected chi connectivity index (χ1v) is 8.22. The molecule has 1 aromatic carbocycles. The summed E-state index contributed by atoms with van der Waals surface area (Å²) in [7, 11) is 0. The van der Waals surface area contributed by atoms with Gasteiger partial charge in [0.2, 0.25) is 0 Å². The Bertz CT molecular complexity index is 751. The number of nitro groups is 1. The van der Waals surface area contributed by atoms with Crippen LogP contribution < -0.4 is 0 Å². The molecular weight excluding hydrogens is 330 g/mol. The number of aliphatic imine (C=N–C) groups is 1. The summed E-state index contributed by atoms with van der Waals surface area (Å²) in [6, 6.07) is 6.45. The molecule has 3 rings (SSSR count). The molecular formula is C16H15N3O4S. The fraction of sp³-hybridized carbons (Fsp3) is 0.250. The van der Waals surface area contributed by atoms with Gasteiger partial charge in [-0.15, -0.1) is 0 Å². The second-order valence-corrected chi connectivity index (χ2v) is 6.12. The highest BCUT2D eigenvalue weighted by atomic mass is 32.2. The summed E-state index contributed by atoms with van der Waals surface area (Å²) in [4.78, 5) is 29.1. The average Bonchev–Trinajstić information content (AvgIpc) is 2.97. The topological polar surface area (TPSA) is 85.0 Å². The van der Waals surface area contributed by atoms with E-state index in [1.165, 1.54) is 17.8 Å². The normalized spacial score (nSPS) is 20.0. The SMILES string of the molecule is O=C1N=C(N2CCOCC2)SC1=CC=Cc1ccccc1[N+](=O)[O-]. The average molecular weight is 345 g/mol. The van der Waals surface area contributed by atoms with E-state index in [0.29, 0.717) is 28.9 Å². The second kappa shape index (κ2) is 7.41. The van der Waals surface area contributed by atoms with Crippen LogP contribution in [0.2, 0.25) is 0 Å². The number of nitrogens with zero attached hydrogens (tertiary/aromatic N) is 3. The zero-order valence-electron chi connectivity index (χ0n) is 12.8. The maximum atomic E-state index is 12.0. The standard InChI is InChI=1S/C16H15N3O4S/c20-15-14(24-16(17-15)18-8-10-23-11-9-18)7-3-5-12-4-1-2-6-13(12)19(21)22/h1-7H,8-11H2. The first-order chi connectivity index (χ1) is 11.6. The minimum atomic E-state index is -0.429. The number of morpholine rings is 1. The molecule has 1 fully saturated rings. The van der Waals surface area contributed by atoms with Gasteiger partial charge in [0, 0.05) is 19.2 Å². The molecule has 0 aliphatic carbocycles. The van der Waals surface area contributed by atoms with Gasteiger partial charge in [0.25, 0.3) is 11.6 Å². The fourth-order valence-electron chi connectivity index (χ4n) is 2.34. The van der Waals surface area contributed by atoms with Crippen molar-refractivity contribution < 1.29 is 14.5 Å². The van der Waals surface area contributed by atoms with Gasteiger partial charge in [-0.05, 0) is 30.0 Å². The van der Waals surface area contributed by atoms with E-state index in [1.54, 1.807) is 36.4 Å². The Morgan fingerprint density at radius 1 is 1.29 bits per heavy atom. The number of carbonyl (C=O) groups excluding carboxylic acids is 1. The molecule has 0 saturated carbocycles. The van der Waals surface area contributed by atoms with E-state index >= 15 is 0 Å². The summed E-state index contributed by atoms with van der Waals surface area (Å²) in [6.45, 7) is 2.70. The van der Waals surface area contributed by atoms with E-state index in [4.69, 9.17) is 4.74 Å². The van der Waals surface area contributed by atoms with Crippen molar-refractivity contribution in [3.8, 4) is 0 Å². The van der Waals surface area contributed by atoms with Crippen molar-refractivity contribution in [2.75, 3.05) is 26.3 Å². The predicted octanol–water partition coefficient (Wildman–Crippen LogP) is 2.45. The number of amides is 1. The highest BCUT2D eigenvalue weighted by molar-refractivity contribution is 8.18. The molecule has 2 aliphatic heterocycles. The Hall–Kier alpha value is -2.45. The molecule has 0 radical (unpaired) electrons. The minimum absolute atomic E-state index is 0.0304. The number of rotatable bonds is 3. The molecule has 0 aromatic heterocycles. The number of allylic oxidation sites excluding steroid dienone is 2. The van der Waals surface area contributed by atoms with Crippen LogP contribution in [0.3, 0.4) is 0 Å². The Kier molecular flexibility index (Phi) is 5.07. The van der Waals surface area contributed by atoms with Gasteiger partial charge in [0.1, 0.15) is 0 Å². The number of carbonyl (C=O) groups is 1. The molecule has 2 heterocycles. The highest BCUT2D eigenvalue weighted by Crippen LogP contribution is 2.29. The van der Waals surface area contributed by atoms with E-state index in [2.05, 4.69) is 4.99 Å². The maximum absolute atomic E-state index is 12.0. The molecule has 0 spiro atoms. The van der Waals surface area contributed by atoms with E-state index in [9.17, 15) is 14.9 Å². The van der Waals surface area contributed by atoms with Gasteiger partial charge in [-0.1, -0.05) is 18.2 Å². The highest BCUT2D eigenvalue weighted by Gasteiger charge is 2.26. The molecule has 0 unspecified atom stereocenters.